The minimum absolute atomic E-state index is 0.0269. The van der Waals surface area contributed by atoms with E-state index in [9.17, 15) is 57.9 Å². The Bertz CT molecular complexity index is 1730. The molecule has 1 saturated heterocycles. The van der Waals surface area contributed by atoms with Crippen LogP contribution in [0.25, 0.3) is 11.2 Å². The van der Waals surface area contributed by atoms with Crippen LogP contribution in [-0.2, 0) is 50.7 Å². The van der Waals surface area contributed by atoms with Crippen molar-refractivity contribution in [1.29, 1.82) is 0 Å². The summed E-state index contributed by atoms with van der Waals surface area (Å²) in [7, 11) is -16.4. The number of nitrogens with zero attached hydrogens (tertiary/aromatic N) is 4. The first-order valence-corrected chi connectivity index (χ1v) is 21.4. The van der Waals surface area contributed by atoms with E-state index in [1.165, 1.54) is 25.6 Å². The maximum Gasteiger partial charge on any atom is 0.481 e. The van der Waals surface area contributed by atoms with E-state index in [1.807, 2.05) is 0 Å². The zero-order valence-corrected chi connectivity index (χ0v) is 32.8. The summed E-state index contributed by atoms with van der Waals surface area (Å²) in [5.74, 6) is -0.605. The summed E-state index contributed by atoms with van der Waals surface area (Å²) in [5.41, 5.74) is 4.27. The molecule has 3 rings (SSSR count). The fraction of sp³-hybridized carbons (Fsp3) is 0.652. The smallest absolute Gasteiger partial charge is 0.386 e. The average molecular weight is 935 g/mol. The summed E-state index contributed by atoms with van der Waals surface area (Å²) >= 11 is 3.00. The van der Waals surface area contributed by atoms with Crippen molar-refractivity contribution in [3.05, 3.63) is 12.7 Å². The molecule has 7 unspecified atom stereocenters. The third-order valence-corrected chi connectivity index (χ3v) is 11.8. The second kappa shape index (κ2) is 18.8. The number of carbonyl (C=O) groups is 3. The van der Waals surface area contributed by atoms with Crippen molar-refractivity contribution in [2.45, 2.75) is 50.9 Å². The van der Waals surface area contributed by atoms with Gasteiger partial charge in [-0.15, -0.1) is 0 Å². The number of nitrogen functional groups attached to an aromatic ring is 1. The molecule has 1 fully saturated rings. The minimum Gasteiger partial charge on any atom is -0.386 e. The van der Waals surface area contributed by atoms with Gasteiger partial charge in [0.25, 0.3) is 0 Å². The number of anilines is 1. The van der Waals surface area contributed by atoms with Gasteiger partial charge in [-0.05, 0) is 0 Å². The maximum absolute atomic E-state index is 12.6. The summed E-state index contributed by atoms with van der Waals surface area (Å²) in [6.45, 7) is 0.621. The highest BCUT2D eigenvalue weighted by Gasteiger charge is 2.50. The maximum atomic E-state index is 12.6. The van der Waals surface area contributed by atoms with Crippen LogP contribution in [0.2, 0.25) is 0 Å². The molecular weight excluding hydrogens is 898 g/mol. The molecule has 3 heterocycles. The van der Waals surface area contributed by atoms with Crippen LogP contribution in [0.1, 0.15) is 26.5 Å². The van der Waals surface area contributed by atoms with Crippen LogP contribution in [0, 0.1) is 5.41 Å². The van der Waals surface area contributed by atoms with Crippen LogP contribution in [0.15, 0.2) is 12.7 Å². The monoisotopic (exact) mass is 935 g/mol. The predicted molar refractivity (Wildman–Crippen MR) is 186 cm³/mol. The first-order chi connectivity index (χ1) is 24.0. The Hall–Kier alpha value is -1.71. The highest BCUT2D eigenvalue weighted by molar-refractivity contribution is 14.1. The molecule has 1 aliphatic heterocycles. The Balaban J connectivity index is 1.53. The Morgan fingerprint density at radius 3 is 2.42 bits per heavy atom. The molecule has 2 amide bonds. The molecule has 0 radical (unpaired) electrons. The van der Waals surface area contributed by atoms with E-state index in [2.05, 4.69) is 34.4 Å². The van der Waals surface area contributed by atoms with Gasteiger partial charge in [0.1, 0.15) is 36.3 Å². The summed E-state index contributed by atoms with van der Waals surface area (Å²) in [6, 6.07) is 0. The number of nitrogens with one attached hydrogen (secondary N) is 2. The first kappa shape index (κ1) is 44.7. The molecule has 2 aromatic rings. The van der Waals surface area contributed by atoms with Gasteiger partial charge in [-0.25, -0.2) is 28.6 Å². The number of aromatic nitrogens is 4. The second-order valence-corrected chi connectivity index (χ2v) is 18.0. The summed E-state index contributed by atoms with van der Waals surface area (Å²) in [5, 5.41) is 26.3. The molecule has 29 heteroatoms. The van der Waals surface area contributed by atoms with E-state index in [-0.39, 0.29) is 33.7 Å². The number of thioether (sulfide) groups is 1. The molecule has 0 bridgehead atoms. The number of nitrogens with two attached hydrogens (primary N) is 1. The summed E-state index contributed by atoms with van der Waals surface area (Å²) in [4.78, 5) is 86.1. The number of carbonyl (C=O) groups excluding carboxylic acids is 3. The predicted octanol–water partition coefficient (Wildman–Crippen LogP) is -0.900. The molecule has 1 aliphatic rings. The fourth-order valence-electron chi connectivity index (χ4n) is 4.35. The van der Waals surface area contributed by atoms with Crippen molar-refractivity contribution in [2.24, 2.45) is 5.41 Å². The molecule has 52 heavy (non-hydrogen) atoms. The molecule has 2 aromatic heterocycles. The van der Waals surface area contributed by atoms with Gasteiger partial charge in [0.15, 0.2) is 17.7 Å². The van der Waals surface area contributed by atoms with Crippen molar-refractivity contribution < 1.29 is 80.5 Å². The zero-order chi connectivity index (χ0) is 39.1. The lowest BCUT2D eigenvalue weighted by Crippen LogP contribution is -2.46. The SMILES string of the molecule is CC(C)(COP(=O)(O)OP(=O)(O)OCC1OC(n2cnc3c(N)ncnc32)C(O)C1OP(=O)(O)O)C(O)C(=O)NCCC(=O)NCCSCC(=O)I. The Morgan fingerprint density at radius 1 is 1.10 bits per heavy atom. The molecule has 0 spiro atoms. The number of halogens is 1. The third kappa shape index (κ3) is 13.5. The van der Waals surface area contributed by atoms with Crippen molar-refractivity contribution in [3.8, 4) is 0 Å². The van der Waals surface area contributed by atoms with E-state index in [1.54, 1.807) is 22.6 Å². The van der Waals surface area contributed by atoms with Crippen molar-refractivity contribution in [1.82, 2.24) is 30.2 Å². The lowest BCUT2D eigenvalue weighted by molar-refractivity contribution is -0.137. The highest BCUT2D eigenvalue weighted by Crippen LogP contribution is 2.61. The standard InChI is InChI=1S/C23H37IN7O17P3S/c1-23(2,18(35)21(36)27-4-3-14(33)26-5-6-52-8-13(24)32)9-45-51(42,43)48-50(40,41)44-7-12-17(47-49(37,38)39)16(34)22(46-12)31-11-30-15-19(25)28-10-29-20(15)31/h10-12,16-18,22,34-35H,3-9H2,1-2H3,(H,26,33)(H,27,36)(H,40,41)(H,42,43)(H2,25,28,29)(H2,37,38,39). The van der Waals surface area contributed by atoms with Crippen molar-refractivity contribution in [3.63, 3.8) is 0 Å². The number of ether oxygens (including phenoxy) is 1. The van der Waals surface area contributed by atoms with Crippen LogP contribution < -0.4 is 16.4 Å². The minimum atomic E-state index is -5.56. The van der Waals surface area contributed by atoms with Gasteiger partial charge < -0.3 is 50.9 Å². The number of phosphoric ester groups is 3. The van der Waals surface area contributed by atoms with E-state index >= 15 is 0 Å². The lowest BCUT2D eigenvalue weighted by Gasteiger charge is -2.30. The van der Waals surface area contributed by atoms with Gasteiger partial charge in [-0.1, -0.05) is 13.8 Å². The molecule has 10 N–H and O–H groups in total. The quantitative estimate of drug-likeness (QED) is 0.0317. The van der Waals surface area contributed by atoms with Gasteiger partial charge in [-0.3, -0.25) is 32.5 Å². The number of fused-ring (bicyclic) bond motifs is 1. The highest BCUT2D eigenvalue weighted by atomic mass is 127. The van der Waals surface area contributed by atoms with Gasteiger partial charge in [-0.2, -0.15) is 16.1 Å². The van der Waals surface area contributed by atoms with E-state index in [0.29, 0.717) is 18.1 Å². The van der Waals surface area contributed by atoms with Crippen LogP contribution in [-0.4, -0.2) is 127 Å². The normalized spacial score (nSPS) is 22.4. The van der Waals surface area contributed by atoms with E-state index in [0.717, 1.165) is 17.2 Å². The number of imidazole rings is 1. The number of aliphatic hydroxyl groups excluding tert-OH is 2. The molecule has 0 aromatic carbocycles. The molecule has 294 valence electrons. The topological polar surface area (TPSA) is 364 Å². The zero-order valence-electron chi connectivity index (χ0n) is 27.2. The van der Waals surface area contributed by atoms with E-state index < -0.39 is 84.6 Å². The van der Waals surface area contributed by atoms with Gasteiger partial charge >= 0.3 is 23.5 Å². The Kier molecular flexibility index (Phi) is 16.1. The van der Waals surface area contributed by atoms with Gasteiger partial charge in [0.2, 0.25) is 15.6 Å². The van der Waals surface area contributed by atoms with E-state index in [4.69, 9.17) is 19.5 Å². The number of phosphoric acid groups is 3. The first-order valence-electron chi connectivity index (χ1n) is 14.7. The molecule has 7 atom stereocenters. The van der Waals surface area contributed by atoms with Crippen molar-refractivity contribution >= 4 is 90.4 Å². The fourth-order valence-corrected chi connectivity index (χ4v) is 8.40. The van der Waals surface area contributed by atoms with Gasteiger partial charge in [0.05, 0.1) is 25.3 Å². The third-order valence-electron chi connectivity index (χ3n) is 6.86. The number of hydrogen-bond donors (Lipinski definition) is 9. The van der Waals surface area contributed by atoms with Crippen molar-refractivity contribution in [2.75, 3.05) is 43.5 Å². The van der Waals surface area contributed by atoms with Crippen LogP contribution in [0.5, 0.6) is 0 Å². The summed E-state index contributed by atoms with van der Waals surface area (Å²) in [6.07, 6.45) is -6.85. The molecular formula is C23H37IN7O17P3S. The Morgan fingerprint density at radius 2 is 1.77 bits per heavy atom. The number of rotatable bonds is 21. The lowest BCUT2D eigenvalue weighted by atomic mass is 9.87. The second-order valence-electron chi connectivity index (χ2n) is 11.5. The largest absolute Gasteiger partial charge is 0.481 e. The van der Waals surface area contributed by atoms with Crippen LogP contribution in [0.3, 0.4) is 0 Å². The molecule has 0 saturated carbocycles. The van der Waals surface area contributed by atoms with Crippen LogP contribution >= 0.6 is 57.8 Å². The Labute approximate surface area is 312 Å². The number of aliphatic hydroxyl groups is 2. The molecule has 24 nitrogen and oxygen atoms in total. The number of amides is 2. The van der Waals surface area contributed by atoms with Crippen LogP contribution in [0.4, 0.5) is 5.82 Å². The summed E-state index contributed by atoms with van der Waals surface area (Å²) < 4.78 is 61.9. The van der Waals surface area contributed by atoms with Gasteiger partial charge in [0, 0.05) is 53.3 Å². The number of hydrogen-bond acceptors (Lipinski definition) is 18. The average Bonchev–Trinajstić information content (AvgIpc) is 3.58. The molecule has 0 aliphatic carbocycles.